The summed E-state index contributed by atoms with van der Waals surface area (Å²) in [6.45, 7) is 4.30. The number of nitrogen functional groups attached to an aromatic ring is 1. The lowest BCUT2D eigenvalue weighted by Crippen LogP contribution is -2.27. The number of anilines is 1. The molecule has 0 radical (unpaired) electrons. The third-order valence-electron chi connectivity index (χ3n) is 3.19. The molecule has 1 aromatic carbocycles. The summed E-state index contributed by atoms with van der Waals surface area (Å²) >= 11 is 3.46. The summed E-state index contributed by atoms with van der Waals surface area (Å²) in [5, 5.41) is 0. The van der Waals surface area contributed by atoms with Gasteiger partial charge in [-0.05, 0) is 47.8 Å². The summed E-state index contributed by atoms with van der Waals surface area (Å²) < 4.78 is 2.55. The molecule has 0 aliphatic rings. The van der Waals surface area contributed by atoms with Crippen LogP contribution in [0.1, 0.15) is 17.0 Å². The van der Waals surface area contributed by atoms with Crippen LogP contribution >= 0.6 is 15.9 Å². The third-order valence-corrected chi connectivity index (χ3v) is 4.34. The van der Waals surface area contributed by atoms with Gasteiger partial charge in [0.15, 0.2) is 0 Å². The molecule has 0 saturated heterocycles. The number of nitrogens with zero attached hydrogens (tertiary/aromatic N) is 2. The smallest absolute Gasteiger partial charge is 0.348 e. The van der Waals surface area contributed by atoms with Gasteiger partial charge in [0, 0.05) is 17.9 Å². The average molecular weight is 322 g/mol. The lowest BCUT2D eigenvalue weighted by atomic mass is 10.1. The predicted octanol–water partition coefficient (Wildman–Crippen LogP) is 2.45. The van der Waals surface area contributed by atoms with Crippen molar-refractivity contribution in [3.63, 3.8) is 0 Å². The van der Waals surface area contributed by atoms with Gasteiger partial charge < -0.3 is 5.73 Å². The van der Waals surface area contributed by atoms with Crippen LogP contribution in [0.5, 0.6) is 0 Å². The first-order valence-electron chi connectivity index (χ1n) is 6.07. The van der Waals surface area contributed by atoms with Gasteiger partial charge in [-0.15, -0.1) is 0 Å². The molecule has 0 unspecified atom stereocenters. The molecule has 1 heterocycles. The molecule has 0 aliphatic carbocycles. The second-order valence-electron chi connectivity index (χ2n) is 4.48. The van der Waals surface area contributed by atoms with Gasteiger partial charge in [-0.2, -0.15) is 4.98 Å². The maximum absolute atomic E-state index is 11.9. The molecule has 5 heteroatoms. The van der Waals surface area contributed by atoms with Gasteiger partial charge in [-0.25, -0.2) is 4.79 Å². The van der Waals surface area contributed by atoms with Crippen LogP contribution in [0.15, 0.2) is 33.5 Å². The van der Waals surface area contributed by atoms with E-state index in [1.165, 1.54) is 0 Å². The van der Waals surface area contributed by atoms with E-state index in [1.807, 2.05) is 38.1 Å². The molecule has 0 bridgehead atoms. The highest BCUT2D eigenvalue weighted by Crippen LogP contribution is 2.18. The second-order valence-corrected chi connectivity index (χ2v) is 5.27. The van der Waals surface area contributed by atoms with Crippen LogP contribution in [0.4, 0.5) is 5.69 Å². The first-order chi connectivity index (χ1) is 9.00. The molecule has 100 valence electrons. The summed E-state index contributed by atoms with van der Waals surface area (Å²) in [5.41, 5.74) is 9.11. The predicted molar refractivity (Wildman–Crippen MR) is 80.2 cm³/mol. The topological polar surface area (TPSA) is 60.9 Å². The van der Waals surface area contributed by atoms with Crippen molar-refractivity contribution in [3.05, 3.63) is 56.2 Å². The van der Waals surface area contributed by atoms with Crippen molar-refractivity contribution in [2.45, 2.75) is 26.8 Å². The van der Waals surface area contributed by atoms with Gasteiger partial charge in [-0.1, -0.05) is 18.2 Å². The van der Waals surface area contributed by atoms with Crippen molar-refractivity contribution in [2.75, 3.05) is 5.73 Å². The van der Waals surface area contributed by atoms with Crippen LogP contribution in [0.3, 0.4) is 0 Å². The molecule has 0 saturated carbocycles. The summed E-state index contributed by atoms with van der Waals surface area (Å²) in [4.78, 5) is 15.9. The average Bonchev–Trinajstić information content (AvgIpc) is 2.38. The number of rotatable bonds is 3. The lowest BCUT2D eigenvalue weighted by Gasteiger charge is -2.12. The second kappa shape index (κ2) is 5.57. The van der Waals surface area contributed by atoms with E-state index in [0.717, 1.165) is 27.1 Å². The van der Waals surface area contributed by atoms with E-state index in [0.29, 0.717) is 13.0 Å². The number of hydrogen-bond donors (Lipinski definition) is 1. The van der Waals surface area contributed by atoms with E-state index in [-0.39, 0.29) is 5.69 Å². The zero-order valence-corrected chi connectivity index (χ0v) is 12.6. The minimum Gasteiger partial charge on any atom is -0.399 e. The molecule has 0 aliphatic heterocycles. The molecule has 1 aromatic heterocycles. The molecule has 0 fully saturated rings. The first kappa shape index (κ1) is 13.8. The Labute approximate surface area is 120 Å². The Morgan fingerprint density at radius 1 is 1.32 bits per heavy atom. The summed E-state index contributed by atoms with van der Waals surface area (Å²) in [6.07, 6.45) is 0.713. The highest BCUT2D eigenvalue weighted by Gasteiger charge is 2.09. The van der Waals surface area contributed by atoms with Crippen LogP contribution in [0, 0.1) is 13.8 Å². The Hall–Kier alpha value is -1.62. The van der Waals surface area contributed by atoms with Crippen LogP contribution in [-0.4, -0.2) is 9.55 Å². The lowest BCUT2D eigenvalue weighted by molar-refractivity contribution is 0.622. The number of halogens is 1. The Bertz CT molecular complexity index is 664. The van der Waals surface area contributed by atoms with E-state index >= 15 is 0 Å². The normalized spacial score (nSPS) is 10.7. The zero-order valence-electron chi connectivity index (χ0n) is 11.0. The Morgan fingerprint density at radius 3 is 2.68 bits per heavy atom. The fraction of sp³-hybridized carbons (Fsp3) is 0.286. The summed E-state index contributed by atoms with van der Waals surface area (Å²) in [5.74, 6) is 0. The Balaban J connectivity index is 2.28. The summed E-state index contributed by atoms with van der Waals surface area (Å²) in [6, 6.07) is 7.70. The summed E-state index contributed by atoms with van der Waals surface area (Å²) in [7, 11) is 0. The van der Waals surface area contributed by atoms with E-state index in [2.05, 4.69) is 20.9 Å². The molecule has 19 heavy (non-hydrogen) atoms. The van der Waals surface area contributed by atoms with E-state index < -0.39 is 0 Å². The standard InChI is InChI=1S/C14H16BrN3O/c1-9-13(15)10(2)18(14(19)17-9)8-7-11-5-3-4-6-12(11)16/h3-6H,7-8,16H2,1-2H3. The number of para-hydroxylation sites is 1. The van der Waals surface area contributed by atoms with Crippen LogP contribution in [0.25, 0.3) is 0 Å². The molecule has 2 N–H and O–H groups in total. The van der Waals surface area contributed by atoms with Crippen LogP contribution in [0.2, 0.25) is 0 Å². The monoisotopic (exact) mass is 321 g/mol. The minimum absolute atomic E-state index is 0.215. The van der Waals surface area contributed by atoms with Crippen LogP contribution < -0.4 is 11.4 Å². The number of aryl methyl sites for hydroxylation is 2. The molecule has 0 atom stereocenters. The molecule has 2 aromatic rings. The van der Waals surface area contributed by atoms with Crippen molar-refractivity contribution in [2.24, 2.45) is 0 Å². The van der Waals surface area contributed by atoms with Gasteiger partial charge in [0.2, 0.25) is 0 Å². The molecule has 0 amide bonds. The molecular formula is C14H16BrN3O. The van der Waals surface area contributed by atoms with Gasteiger partial charge in [-0.3, -0.25) is 4.57 Å². The first-order valence-corrected chi connectivity index (χ1v) is 6.87. The number of aromatic nitrogens is 2. The van der Waals surface area contributed by atoms with Crippen molar-refractivity contribution >= 4 is 21.6 Å². The molecule has 2 rings (SSSR count). The fourth-order valence-corrected chi connectivity index (χ4v) is 2.34. The van der Waals surface area contributed by atoms with E-state index in [4.69, 9.17) is 5.73 Å². The van der Waals surface area contributed by atoms with Crippen LogP contribution in [-0.2, 0) is 13.0 Å². The largest absolute Gasteiger partial charge is 0.399 e. The fourth-order valence-electron chi connectivity index (χ4n) is 2.03. The third kappa shape index (κ3) is 2.87. The van der Waals surface area contributed by atoms with E-state index in [9.17, 15) is 4.79 Å². The zero-order chi connectivity index (χ0) is 14.0. The Kier molecular flexibility index (Phi) is 4.04. The number of benzene rings is 1. The van der Waals surface area contributed by atoms with Gasteiger partial charge >= 0.3 is 5.69 Å². The minimum atomic E-state index is -0.215. The highest BCUT2D eigenvalue weighted by atomic mass is 79.9. The molecular weight excluding hydrogens is 306 g/mol. The highest BCUT2D eigenvalue weighted by molar-refractivity contribution is 9.10. The van der Waals surface area contributed by atoms with Gasteiger partial charge in [0.25, 0.3) is 0 Å². The van der Waals surface area contributed by atoms with Crippen molar-refractivity contribution < 1.29 is 0 Å². The quantitative estimate of drug-likeness (QED) is 0.883. The van der Waals surface area contributed by atoms with Crippen molar-refractivity contribution in [3.8, 4) is 0 Å². The van der Waals surface area contributed by atoms with Crippen molar-refractivity contribution in [1.29, 1.82) is 0 Å². The maximum Gasteiger partial charge on any atom is 0.348 e. The Morgan fingerprint density at radius 2 is 2.00 bits per heavy atom. The van der Waals surface area contributed by atoms with Gasteiger partial charge in [0.05, 0.1) is 10.2 Å². The number of nitrogens with two attached hydrogens (primary N) is 1. The number of hydrogen-bond acceptors (Lipinski definition) is 3. The van der Waals surface area contributed by atoms with Gasteiger partial charge in [0.1, 0.15) is 0 Å². The molecule has 0 spiro atoms. The van der Waals surface area contributed by atoms with E-state index in [1.54, 1.807) is 4.57 Å². The maximum atomic E-state index is 11.9. The SMILES string of the molecule is Cc1nc(=O)n(CCc2ccccc2N)c(C)c1Br. The van der Waals surface area contributed by atoms with Crippen molar-refractivity contribution in [1.82, 2.24) is 9.55 Å². The molecule has 4 nitrogen and oxygen atoms in total.